The first kappa shape index (κ1) is 10.4. The predicted molar refractivity (Wildman–Crippen MR) is 54.2 cm³/mol. The van der Waals surface area contributed by atoms with Gasteiger partial charge in [0, 0.05) is 15.5 Å². The van der Waals surface area contributed by atoms with Crippen LogP contribution in [-0.2, 0) is 0 Å². The highest BCUT2D eigenvalue weighted by atomic mass is 79.9. The van der Waals surface area contributed by atoms with Crippen LogP contribution >= 0.6 is 47.8 Å². The van der Waals surface area contributed by atoms with Gasteiger partial charge in [0.2, 0.25) is 0 Å². The van der Waals surface area contributed by atoms with Gasteiger partial charge in [0.1, 0.15) is 0 Å². The van der Waals surface area contributed by atoms with Gasteiger partial charge in [-0.1, -0.05) is 54.2 Å². The van der Waals surface area contributed by atoms with E-state index < -0.39 is 0 Å². The lowest BCUT2D eigenvalue weighted by Gasteiger charge is -2.02. The number of rotatable bonds is 5. The normalized spacial score (nSPS) is 13.7. The molecule has 0 aliphatic heterocycles. The molecule has 0 N–H and O–H groups in total. The van der Waals surface area contributed by atoms with E-state index >= 15 is 0 Å². The summed E-state index contributed by atoms with van der Waals surface area (Å²) in [5.41, 5.74) is 0. The molecule has 1 atom stereocenters. The summed E-state index contributed by atoms with van der Waals surface area (Å²) in [6, 6.07) is 0. The molecule has 0 aliphatic carbocycles. The first-order chi connectivity index (χ1) is 4.31. The van der Waals surface area contributed by atoms with Crippen molar-refractivity contribution in [2.45, 2.75) is 24.1 Å². The molecule has 1 unspecified atom stereocenters. The van der Waals surface area contributed by atoms with E-state index in [1.807, 2.05) is 0 Å². The number of alkyl halides is 3. The van der Waals surface area contributed by atoms with Gasteiger partial charge in [0.05, 0.1) is 0 Å². The smallest absolute Gasteiger partial charge is 0.0242 e. The van der Waals surface area contributed by atoms with Gasteiger partial charge in [0.25, 0.3) is 0 Å². The summed E-state index contributed by atoms with van der Waals surface area (Å²) in [5, 5.41) is 2.20. The summed E-state index contributed by atoms with van der Waals surface area (Å²) in [6.07, 6.45) is 3.87. The molecule has 0 heterocycles. The van der Waals surface area contributed by atoms with Crippen LogP contribution in [0, 0.1) is 0 Å². The Kier molecular flexibility index (Phi) is 8.75. The van der Waals surface area contributed by atoms with Crippen molar-refractivity contribution in [1.29, 1.82) is 0 Å². The molecule has 0 radical (unpaired) electrons. The van der Waals surface area contributed by atoms with Crippen LogP contribution in [0.4, 0.5) is 0 Å². The molecule has 0 saturated carbocycles. The minimum Gasteiger partial charge on any atom is -0.0928 e. The van der Waals surface area contributed by atoms with E-state index in [4.69, 9.17) is 0 Å². The quantitative estimate of drug-likeness (QED) is 0.535. The van der Waals surface area contributed by atoms with Gasteiger partial charge >= 0.3 is 0 Å². The Balaban J connectivity index is 2.88. The lowest BCUT2D eigenvalue weighted by Crippen LogP contribution is -1.97. The second-order valence-electron chi connectivity index (χ2n) is 1.94. The molecule has 0 nitrogen and oxygen atoms in total. The number of halogens is 3. The van der Waals surface area contributed by atoms with E-state index in [2.05, 4.69) is 47.8 Å². The zero-order chi connectivity index (χ0) is 7.11. The van der Waals surface area contributed by atoms with E-state index in [0.29, 0.717) is 4.83 Å². The van der Waals surface area contributed by atoms with Crippen molar-refractivity contribution in [2.24, 2.45) is 0 Å². The second kappa shape index (κ2) is 7.55. The highest BCUT2D eigenvalue weighted by molar-refractivity contribution is 9.12. The molecule has 0 amide bonds. The number of hydrogen-bond donors (Lipinski definition) is 0. The Morgan fingerprint density at radius 2 is 1.78 bits per heavy atom. The first-order valence-corrected chi connectivity index (χ1v) is 6.23. The zero-order valence-corrected chi connectivity index (χ0v) is 10.0. The van der Waals surface area contributed by atoms with Gasteiger partial charge in [-0.15, -0.1) is 0 Å². The fraction of sp³-hybridized carbons (Fsp3) is 1.00. The van der Waals surface area contributed by atoms with Gasteiger partial charge in [0.15, 0.2) is 0 Å². The van der Waals surface area contributed by atoms with Crippen LogP contribution in [0.5, 0.6) is 0 Å². The van der Waals surface area contributed by atoms with Crippen molar-refractivity contribution in [3.63, 3.8) is 0 Å². The van der Waals surface area contributed by atoms with Gasteiger partial charge in [-0.3, -0.25) is 0 Å². The highest BCUT2D eigenvalue weighted by Gasteiger charge is 1.99. The first-order valence-electron chi connectivity index (χ1n) is 3.07. The molecule has 9 heavy (non-hydrogen) atoms. The van der Waals surface area contributed by atoms with Crippen molar-refractivity contribution in [2.75, 3.05) is 10.7 Å². The van der Waals surface area contributed by atoms with Crippen LogP contribution in [0.15, 0.2) is 0 Å². The highest BCUT2D eigenvalue weighted by Crippen LogP contribution is 2.12. The lowest BCUT2D eigenvalue weighted by molar-refractivity contribution is 0.732. The molecule has 3 heteroatoms. The third kappa shape index (κ3) is 7.34. The zero-order valence-electron chi connectivity index (χ0n) is 5.25. The molecule has 0 aromatic heterocycles. The average molecular weight is 323 g/mol. The fourth-order valence-corrected chi connectivity index (χ4v) is 1.58. The van der Waals surface area contributed by atoms with Gasteiger partial charge in [-0.2, -0.15) is 0 Å². The Bertz CT molecular complexity index is 56.3. The summed E-state index contributed by atoms with van der Waals surface area (Å²) in [6.45, 7) is 0. The Morgan fingerprint density at radius 3 is 2.22 bits per heavy atom. The molecule has 0 rings (SSSR count). The Hall–Kier alpha value is 1.44. The number of hydrogen-bond acceptors (Lipinski definition) is 0. The standard InChI is InChI=1S/C6H11Br3/c7-4-2-1-3-6(9)5-8/h6H,1-5H2. The van der Waals surface area contributed by atoms with Crippen LogP contribution in [0.1, 0.15) is 19.3 Å². The summed E-state index contributed by atoms with van der Waals surface area (Å²) in [5.74, 6) is 0. The van der Waals surface area contributed by atoms with Crippen molar-refractivity contribution in [3.05, 3.63) is 0 Å². The minimum atomic E-state index is 0.663. The summed E-state index contributed by atoms with van der Waals surface area (Å²) >= 11 is 10.3. The van der Waals surface area contributed by atoms with Crippen LogP contribution in [0.3, 0.4) is 0 Å². The molecular weight excluding hydrogens is 312 g/mol. The van der Waals surface area contributed by atoms with Crippen LogP contribution < -0.4 is 0 Å². The van der Waals surface area contributed by atoms with E-state index in [-0.39, 0.29) is 0 Å². The van der Waals surface area contributed by atoms with Gasteiger partial charge in [-0.25, -0.2) is 0 Å². The van der Waals surface area contributed by atoms with E-state index in [1.165, 1.54) is 19.3 Å². The van der Waals surface area contributed by atoms with E-state index in [9.17, 15) is 0 Å². The van der Waals surface area contributed by atoms with Crippen molar-refractivity contribution < 1.29 is 0 Å². The third-order valence-corrected chi connectivity index (χ3v) is 4.06. The van der Waals surface area contributed by atoms with E-state index in [0.717, 1.165) is 10.7 Å². The largest absolute Gasteiger partial charge is 0.0928 e. The minimum absolute atomic E-state index is 0.663. The maximum Gasteiger partial charge on any atom is 0.0242 e. The van der Waals surface area contributed by atoms with Crippen LogP contribution in [-0.4, -0.2) is 15.5 Å². The average Bonchev–Trinajstić information content (AvgIpc) is 1.89. The van der Waals surface area contributed by atoms with Crippen molar-refractivity contribution in [3.8, 4) is 0 Å². The molecule has 0 fully saturated rings. The molecule has 0 aliphatic rings. The SMILES string of the molecule is BrCCCCC(Br)CBr. The molecule has 0 saturated heterocycles. The molecule has 0 aromatic rings. The topological polar surface area (TPSA) is 0 Å². The summed E-state index contributed by atoms with van der Waals surface area (Å²) in [7, 11) is 0. The maximum absolute atomic E-state index is 3.54. The van der Waals surface area contributed by atoms with E-state index in [1.54, 1.807) is 0 Å². The number of unbranched alkanes of at least 4 members (excludes halogenated alkanes) is 1. The lowest BCUT2D eigenvalue weighted by atomic mass is 10.2. The van der Waals surface area contributed by atoms with Crippen molar-refractivity contribution >= 4 is 47.8 Å². The maximum atomic E-state index is 3.54. The third-order valence-electron chi connectivity index (χ3n) is 1.07. The molecular formula is C6H11Br3. The molecule has 0 bridgehead atoms. The molecule has 0 spiro atoms. The predicted octanol–water partition coefficient (Wildman–Crippen LogP) is 3.71. The summed E-state index contributed by atoms with van der Waals surface area (Å²) in [4.78, 5) is 0.663. The molecule has 56 valence electrons. The van der Waals surface area contributed by atoms with Crippen molar-refractivity contribution in [1.82, 2.24) is 0 Å². The molecule has 0 aromatic carbocycles. The second-order valence-corrected chi connectivity index (χ2v) is 4.67. The Morgan fingerprint density at radius 1 is 1.11 bits per heavy atom. The van der Waals surface area contributed by atoms with Gasteiger partial charge < -0.3 is 0 Å². The monoisotopic (exact) mass is 320 g/mol. The van der Waals surface area contributed by atoms with Gasteiger partial charge in [-0.05, 0) is 12.8 Å². The summed E-state index contributed by atoms with van der Waals surface area (Å²) < 4.78 is 0. The fourth-order valence-electron chi connectivity index (χ4n) is 0.537. The van der Waals surface area contributed by atoms with Crippen LogP contribution in [0.2, 0.25) is 0 Å². The Labute approximate surface area is 82.2 Å². The van der Waals surface area contributed by atoms with Crippen LogP contribution in [0.25, 0.3) is 0 Å².